The van der Waals surface area contributed by atoms with Gasteiger partial charge in [0.05, 0.1) is 29.8 Å². The highest BCUT2D eigenvalue weighted by atomic mass is 31.2. The number of nitrogens with one attached hydrogen (secondary N) is 2. The van der Waals surface area contributed by atoms with Gasteiger partial charge in [0.2, 0.25) is 0 Å². The van der Waals surface area contributed by atoms with Crippen molar-refractivity contribution < 1.29 is 33.4 Å². The summed E-state index contributed by atoms with van der Waals surface area (Å²) in [7, 11) is -4.21. The summed E-state index contributed by atoms with van der Waals surface area (Å²) in [6.07, 6.45) is -1.49. The molecule has 0 radical (unpaired) electrons. The molecule has 4 N–H and O–H groups in total. The van der Waals surface area contributed by atoms with Crippen LogP contribution in [-0.2, 0) is 18.8 Å². The highest BCUT2D eigenvalue weighted by Crippen LogP contribution is 2.47. The van der Waals surface area contributed by atoms with E-state index in [0.717, 1.165) is 5.56 Å². The summed E-state index contributed by atoms with van der Waals surface area (Å²) >= 11 is 0. The Kier molecular flexibility index (Phi) is 6.63. The van der Waals surface area contributed by atoms with Crippen molar-refractivity contribution in [2.24, 2.45) is 0 Å². The van der Waals surface area contributed by atoms with Gasteiger partial charge in [-0.15, -0.1) is 0 Å². The molecule has 3 aromatic rings. The quantitative estimate of drug-likeness (QED) is 0.361. The molecule has 2 saturated heterocycles. The van der Waals surface area contributed by atoms with Crippen LogP contribution in [0.2, 0.25) is 0 Å². The van der Waals surface area contributed by atoms with Gasteiger partial charge < -0.3 is 39.2 Å². The smallest absolute Gasteiger partial charge is 0.325 e. The van der Waals surface area contributed by atoms with Crippen molar-refractivity contribution in [1.29, 1.82) is 0 Å². The molecule has 0 saturated carbocycles. The second-order valence-electron chi connectivity index (χ2n) is 8.50. The lowest BCUT2D eigenvalue weighted by atomic mass is 10.1. The second kappa shape index (κ2) is 9.69. The Morgan fingerprint density at radius 2 is 1.86 bits per heavy atom. The number of urea groups is 1. The van der Waals surface area contributed by atoms with Crippen LogP contribution in [0, 0.1) is 0 Å². The zero-order valence-electron chi connectivity index (χ0n) is 19.0. The van der Waals surface area contributed by atoms with Crippen LogP contribution in [0.4, 0.5) is 10.5 Å². The monoisotopic (exact) mass is 502 g/mol. The van der Waals surface area contributed by atoms with E-state index in [1.54, 1.807) is 18.5 Å². The van der Waals surface area contributed by atoms with Crippen molar-refractivity contribution in [2.75, 3.05) is 18.0 Å². The van der Waals surface area contributed by atoms with E-state index in [-0.39, 0.29) is 18.6 Å². The average molecular weight is 502 g/mol. The maximum absolute atomic E-state index is 12.1. The van der Waals surface area contributed by atoms with E-state index in [9.17, 15) is 19.1 Å². The number of carbonyl (C=O) groups excluding carboxylic acids is 1. The lowest BCUT2D eigenvalue weighted by Crippen LogP contribution is -2.29. The van der Waals surface area contributed by atoms with Gasteiger partial charge in [-0.25, -0.2) is 9.78 Å². The van der Waals surface area contributed by atoms with Gasteiger partial charge in [-0.3, -0.25) is 4.57 Å². The molecule has 2 fully saturated rings. The topological polar surface area (TPSA) is 144 Å². The number of rotatable bonds is 7. The minimum atomic E-state index is -4.21. The van der Waals surface area contributed by atoms with Crippen molar-refractivity contribution in [2.45, 2.75) is 44.2 Å². The van der Waals surface area contributed by atoms with E-state index in [2.05, 4.69) is 15.6 Å². The summed E-state index contributed by atoms with van der Waals surface area (Å²) in [5.41, 5.74) is 2.69. The number of amides is 2. The number of nitrogens with zero attached hydrogens (tertiary/aromatic N) is 2. The largest absolute Gasteiger partial charge is 0.349 e. The van der Waals surface area contributed by atoms with Crippen molar-refractivity contribution >= 4 is 30.3 Å². The summed E-state index contributed by atoms with van der Waals surface area (Å²) in [6, 6.07) is 14.6. The molecule has 5 rings (SSSR count). The first-order valence-corrected chi connectivity index (χ1v) is 13.2. The summed E-state index contributed by atoms with van der Waals surface area (Å²) in [5.74, 6) is 0. The van der Waals surface area contributed by atoms with Crippen LogP contribution < -0.4 is 10.6 Å². The molecule has 5 atom stereocenters. The average Bonchev–Trinajstić information content (AvgIpc) is 3.52. The number of para-hydroxylation sites is 1. The van der Waals surface area contributed by atoms with Crippen LogP contribution in [0.5, 0.6) is 0 Å². The van der Waals surface area contributed by atoms with E-state index in [1.165, 1.54) is 0 Å². The van der Waals surface area contributed by atoms with E-state index >= 15 is 0 Å². The number of fused-ring (bicyclic) bond motifs is 2. The van der Waals surface area contributed by atoms with Gasteiger partial charge in [0.25, 0.3) is 0 Å². The fourth-order valence-corrected chi connectivity index (χ4v) is 5.13. The first kappa shape index (κ1) is 23.9. The SMILES string of the molecule is CCNC(=O)Nc1cccc2c1ncn2[C@@H]1O[C@H](CCP(=O)(O)O)C2O[C@H](c3ccccc3)OC21. The number of hydrogen-bond donors (Lipinski definition) is 4. The summed E-state index contributed by atoms with van der Waals surface area (Å²) < 4.78 is 32.1. The van der Waals surface area contributed by atoms with Gasteiger partial charge in [0.1, 0.15) is 17.7 Å². The van der Waals surface area contributed by atoms with E-state index < -0.39 is 38.4 Å². The number of aromatic nitrogens is 2. The molecule has 3 heterocycles. The van der Waals surface area contributed by atoms with Crippen molar-refractivity contribution in [3.05, 3.63) is 60.4 Å². The van der Waals surface area contributed by atoms with Gasteiger partial charge in [-0.05, 0) is 25.5 Å². The van der Waals surface area contributed by atoms with Crippen molar-refractivity contribution in [1.82, 2.24) is 14.9 Å². The van der Waals surface area contributed by atoms with Gasteiger partial charge in [0.15, 0.2) is 12.5 Å². The molecule has 2 aliphatic rings. The Hall–Kier alpha value is -2.79. The molecule has 0 bridgehead atoms. The number of anilines is 1. The number of benzene rings is 2. The Bertz CT molecular complexity index is 1250. The molecule has 1 aromatic heterocycles. The number of imidazole rings is 1. The highest BCUT2D eigenvalue weighted by Gasteiger charge is 2.54. The molecule has 2 aromatic carbocycles. The molecule has 0 aliphatic carbocycles. The van der Waals surface area contributed by atoms with Crippen LogP contribution in [-0.4, -0.2) is 56.4 Å². The van der Waals surface area contributed by atoms with Gasteiger partial charge in [0, 0.05) is 12.1 Å². The van der Waals surface area contributed by atoms with E-state index in [0.29, 0.717) is 23.3 Å². The molecule has 186 valence electrons. The van der Waals surface area contributed by atoms with E-state index in [1.807, 2.05) is 47.9 Å². The maximum atomic E-state index is 12.1. The molecule has 2 unspecified atom stereocenters. The lowest BCUT2D eigenvalue weighted by molar-refractivity contribution is -0.147. The van der Waals surface area contributed by atoms with Crippen LogP contribution in [0.25, 0.3) is 11.0 Å². The first-order chi connectivity index (χ1) is 16.8. The van der Waals surface area contributed by atoms with E-state index in [4.69, 9.17) is 14.2 Å². The fraction of sp³-hybridized carbons (Fsp3) is 0.391. The summed E-state index contributed by atoms with van der Waals surface area (Å²) in [5, 5.41) is 5.49. The maximum Gasteiger partial charge on any atom is 0.325 e. The fourth-order valence-electron chi connectivity index (χ4n) is 4.54. The Morgan fingerprint density at radius 3 is 2.60 bits per heavy atom. The number of ether oxygens (including phenoxy) is 3. The molecule has 12 heteroatoms. The van der Waals surface area contributed by atoms with Crippen LogP contribution in [0.1, 0.15) is 31.4 Å². The highest BCUT2D eigenvalue weighted by molar-refractivity contribution is 7.51. The normalized spacial score (nSPS) is 26.1. The van der Waals surface area contributed by atoms with Gasteiger partial charge >= 0.3 is 13.6 Å². The van der Waals surface area contributed by atoms with Gasteiger partial charge in [-0.2, -0.15) is 0 Å². The van der Waals surface area contributed by atoms with Crippen molar-refractivity contribution in [3.63, 3.8) is 0 Å². The number of hydrogen-bond acceptors (Lipinski definition) is 6. The van der Waals surface area contributed by atoms with Crippen LogP contribution in [0.3, 0.4) is 0 Å². The molecular formula is C23H27N4O7P. The molecule has 11 nitrogen and oxygen atoms in total. The molecule has 0 spiro atoms. The number of carbonyl (C=O) groups is 1. The standard InChI is InChI=1S/C23H27N4O7P/c1-2-24-23(28)26-15-9-6-10-16-18(15)25-13-27(16)21-20-19(17(32-21)11-12-35(29,30)31)33-22(34-20)14-7-4-3-5-8-14/h3-10,13,17,19-22H,2,11-12H2,1H3,(H2,24,26,28)(H2,29,30,31)/t17-,19?,20?,21-,22+/m1/s1. The third-order valence-electron chi connectivity index (χ3n) is 6.09. The second-order valence-corrected chi connectivity index (χ2v) is 10.3. The van der Waals surface area contributed by atoms with Gasteiger partial charge in [-0.1, -0.05) is 36.4 Å². The molecule has 2 aliphatic heterocycles. The predicted molar refractivity (Wildman–Crippen MR) is 127 cm³/mol. The third-order valence-corrected chi connectivity index (χ3v) is 6.93. The Morgan fingerprint density at radius 1 is 1.09 bits per heavy atom. The zero-order valence-corrected chi connectivity index (χ0v) is 19.9. The summed E-state index contributed by atoms with van der Waals surface area (Å²) in [6.45, 7) is 2.32. The Labute approximate surface area is 201 Å². The first-order valence-electron chi connectivity index (χ1n) is 11.4. The summed E-state index contributed by atoms with van der Waals surface area (Å²) in [4.78, 5) is 35.4. The van der Waals surface area contributed by atoms with Crippen LogP contribution >= 0.6 is 7.60 Å². The molecule has 2 amide bonds. The predicted octanol–water partition coefficient (Wildman–Crippen LogP) is 3.13. The Balaban J connectivity index is 1.45. The third kappa shape index (κ3) is 4.97. The molecular weight excluding hydrogens is 475 g/mol. The minimum absolute atomic E-state index is 0.115. The van der Waals surface area contributed by atoms with Crippen LogP contribution in [0.15, 0.2) is 54.9 Å². The lowest BCUT2D eigenvalue weighted by Gasteiger charge is -2.22. The van der Waals surface area contributed by atoms with Crippen molar-refractivity contribution in [3.8, 4) is 0 Å². The minimum Gasteiger partial charge on any atom is -0.349 e. The molecule has 35 heavy (non-hydrogen) atoms. The zero-order chi connectivity index (χ0) is 24.6.